The molecule has 0 bridgehead atoms. The zero-order chi connectivity index (χ0) is 11.8. The Morgan fingerprint density at radius 3 is 2.53 bits per heavy atom. The van der Waals surface area contributed by atoms with Crippen LogP contribution in [-0.2, 0) is 0 Å². The highest BCUT2D eigenvalue weighted by Crippen LogP contribution is 2.32. The van der Waals surface area contributed by atoms with Crippen molar-refractivity contribution in [3.63, 3.8) is 0 Å². The maximum Gasteiger partial charge on any atom is 0.250 e. The summed E-state index contributed by atoms with van der Waals surface area (Å²) in [5.74, 6) is 1.10. The number of rotatable bonds is 2. The van der Waals surface area contributed by atoms with E-state index in [1.807, 2.05) is 24.3 Å². The van der Waals surface area contributed by atoms with Crippen molar-refractivity contribution < 1.29 is 4.79 Å². The first-order chi connectivity index (χ1) is 8.25. The fraction of sp³-hybridized carbons (Fsp3) is 0.462. The molecule has 17 heavy (non-hydrogen) atoms. The molecule has 1 amide bonds. The first-order valence-corrected chi connectivity index (χ1v) is 6.10. The van der Waals surface area contributed by atoms with Gasteiger partial charge in [-0.1, -0.05) is 12.1 Å². The number of benzene rings is 1. The van der Waals surface area contributed by atoms with Gasteiger partial charge in [0.1, 0.15) is 0 Å². The maximum absolute atomic E-state index is 11.4. The van der Waals surface area contributed by atoms with Crippen molar-refractivity contribution in [2.75, 3.05) is 31.1 Å². The third-order valence-electron chi connectivity index (χ3n) is 3.90. The van der Waals surface area contributed by atoms with Crippen LogP contribution in [0.4, 0.5) is 5.69 Å². The fourth-order valence-electron chi connectivity index (χ4n) is 3.01. The van der Waals surface area contributed by atoms with Crippen molar-refractivity contribution in [3.8, 4) is 0 Å². The minimum absolute atomic E-state index is 0.337. The normalized spacial score (nSPS) is 27.2. The van der Waals surface area contributed by atoms with Gasteiger partial charge in [-0.3, -0.25) is 4.79 Å². The van der Waals surface area contributed by atoms with Crippen LogP contribution in [0.25, 0.3) is 0 Å². The minimum Gasteiger partial charge on any atom is -0.370 e. The standard InChI is InChI=1S/C13H17N3O/c14-13(17)11-3-1-2-4-12(11)16-7-9-5-15-6-10(9)8-16/h1-4,9-10,15H,5-8H2,(H2,14,17). The van der Waals surface area contributed by atoms with Gasteiger partial charge in [0.2, 0.25) is 0 Å². The van der Waals surface area contributed by atoms with Gasteiger partial charge in [-0.05, 0) is 24.0 Å². The van der Waals surface area contributed by atoms with E-state index in [4.69, 9.17) is 5.73 Å². The monoisotopic (exact) mass is 231 g/mol. The predicted molar refractivity (Wildman–Crippen MR) is 67.0 cm³/mol. The zero-order valence-electron chi connectivity index (χ0n) is 9.73. The number of hydrogen-bond acceptors (Lipinski definition) is 3. The smallest absolute Gasteiger partial charge is 0.250 e. The van der Waals surface area contributed by atoms with Crippen molar-refractivity contribution in [3.05, 3.63) is 29.8 Å². The molecule has 3 N–H and O–H groups in total. The third-order valence-corrected chi connectivity index (χ3v) is 3.90. The van der Waals surface area contributed by atoms with Crippen molar-refractivity contribution in [1.82, 2.24) is 5.32 Å². The van der Waals surface area contributed by atoms with Gasteiger partial charge in [-0.2, -0.15) is 0 Å². The highest BCUT2D eigenvalue weighted by molar-refractivity contribution is 5.98. The van der Waals surface area contributed by atoms with Crippen molar-refractivity contribution in [2.45, 2.75) is 0 Å². The highest BCUT2D eigenvalue weighted by atomic mass is 16.1. The average molecular weight is 231 g/mol. The molecule has 3 rings (SSSR count). The number of nitrogens with two attached hydrogens (primary N) is 1. The molecule has 2 saturated heterocycles. The molecule has 90 valence electrons. The van der Waals surface area contributed by atoms with Crippen LogP contribution in [-0.4, -0.2) is 32.1 Å². The lowest BCUT2D eigenvalue weighted by Gasteiger charge is -2.21. The Hall–Kier alpha value is -1.55. The van der Waals surface area contributed by atoms with Crippen molar-refractivity contribution >= 4 is 11.6 Å². The summed E-state index contributed by atoms with van der Waals surface area (Å²) in [7, 11) is 0. The van der Waals surface area contributed by atoms with Crippen molar-refractivity contribution in [2.24, 2.45) is 17.6 Å². The molecule has 4 heteroatoms. The van der Waals surface area contributed by atoms with E-state index in [1.165, 1.54) is 0 Å². The number of hydrogen-bond donors (Lipinski definition) is 2. The van der Waals surface area contributed by atoms with E-state index < -0.39 is 0 Å². The van der Waals surface area contributed by atoms with Gasteiger partial charge in [-0.25, -0.2) is 0 Å². The van der Waals surface area contributed by atoms with E-state index in [2.05, 4.69) is 10.2 Å². The summed E-state index contributed by atoms with van der Waals surface area (Å²) in [5.41, 5.74) is 7.05. The Kier molecular flexibility index (Phi) is 2.52. The molecule has 1 aromatic rings. The summed E-state index contributed by atoms with van der Waals surface area (Å²) in [6, 6.07) is 7.63. The van der Waals surface area contributed by atoms with Gasteiger partial charge in [0, 0.05) is 31.9 Å². The lowest BCUT2D eigenvalue weighted by molar-refractivity contribution is 0.100. The van der Waals surface area contributed by atoms with Crippen molar-refractivity contribution in [1.29, 1.82) is 0 Å². The Balaban J connectivity index is 1.88. The number of para-hydroxylation sites is 1. The second-order valence-electron chi connectivity index (χ2n) is 4.96. The largest absolute Gasteiger partial charge is 0.370 e. The number of nitrogens with zero attached hydrogens (tertiary/aromatic N) is 1. The Bertz CT molecular complexity index is 434. The number of fused-ring (bicyclic) bond motifs is 1. The minimum atomic E-state index is -0.337. The molecule has 1 aromatic carbocycles. The zero-order valence-corrected chi connectivity index (χ0v) is 9.73. The number of primary amides is 1. The molecule has 2 aliphatic heterocycles. The quantitative estimate of drug-likeness (QED) is 0.776. The van der Waals surface area contributed by atoms with E-state index in [-0.39, 0.29) is 5.91 Å². The number of nitrogens with one attached hydrogen (secondary N) is 1. The van der Waals surface area contributed by atoms with Gasteiger partial charge in [0.15, 0.2) is 0 Å². The van der Waals surface area contributed by atoms with Crippen LogP contribution >= 0.6 is 0 Å². The van der Waals surface area contributed by atoms with Gasteiger partial charge in [0.25, 0.3) is 5.91 Å². The SMILES string of the molecule is NC(=O)c1ccccc1N1CC2CNCC2C1. The molecule has 4 nitrogen and oxygen atoms in total. The van der Waals surface area contributed by atoms with E-state index in [0.717, 1.165) is 43.7 Å². The predicted octanol–water partition coefficient (Wildman–Crippen LogP) is 0.441. The molecule has 0 spiro atoms. The van der Waals surface area contributed by atoms with Crippen LogP contribution in [0.15, 0.2) is 24.3 Å². The molecule has 0 radical (unpaired) electrons. The van der Waals surface area contributed by atoms with Gasteiger partial charge in [-0.15, -0.1) is 0 Å². The van der Waals surface area contributed by atoms with Gasteiger partial charge >= 0.3 is 0 Å². The number of carbonyl (C=O) groups excluding carboxylic acids is 1. The molecule has 0 aromatic heterocycles. The molecule has 2 atom stereocenters. The number of amides is 1. The molecule has 0 aliphatic carbocycles. The Labute approximate surface area is 101 Å². The van der Waals surface area contributed by atoms with Gasteiger partial charge < -0.3 is 16.0 Å². The summed E-state index contributed by atoms with van der Waals surface area (Å²) >= 11 is 0. The van der Waals surface area contributed by atoms with Crippen LogP contribution in [0.2, 0.25) is 0 Å². The molecular weight excluding hydrogens is 214 g/mol. The molecule has 2 fully saturated rings. The number of carbonyl (C=O) groups is 1. The Morgan fingerprint density at radius 2 is 1.88 bits per heavy atom. The summed E-state index contributed by atoms with van der Waals surface area (Å²) in [6.07, 6.45) is 0. The van der Waals surface area contributed by atoms with Gasteiger partial charge in [0.05, 0.1) is 5.56 Å². The fourth-order valence-corrected chi connectivity index (χ4v) is 3.01. The molecule has 2 aliphatic rings. The lowest BCUT2D eigenvalue weighted by Crippen LogP contribution is -2.27. The van der Waals surface area contributed by atoms with E-state index in [1.54, 1.807) is 0 Å². The first kappa shape index (κ1) is 10.6. The summed E-state index contributed by atoms with van der Waals surface area (Å²) in [4.78, 5) is 13.7. The molecule has 2 unspecified atom stereocenters. The lowest BCUT2D eigenvalue weighted by atomic mass is 10.0. The van der Waals surface area contributed by atoms with Crippen LogP contribution in [0.3, 0.4) is 0 Å². The summed E-state index contributed by atoms with van der Waals surface area (Å²) in [5, 5.41) is 3.42. The van der Waals surface area contributed by atoms with E-state index in [0.29, 0.717) is 5.56 Å². The highest BCUT2D eigenvalue weighted by Gasteiger charge is 2.36. The van der Waals surface area contributed by atoms with Crippen LogP contribution in [0.5, 0.6) is 0 Å². The molecule has 0 saturated carbocycles. The second kappa shape index (κ2) is 4.04. The Morgan fingerprint density at radius 1 is 1.24 bits per heavy atom. The van der Waals surface area contributed by atoms with Crippen LogP contribution in [0.1, 0.15) is 10.4 Å². The van der Waals surface area contributed by atoms with E-state index in [9.17, 15) is 4.79 Å². The second-order valence-corrected chi connectivity index (χ2v) is 4.96. The third kappa shape index (κ3) is 1.78. The topological polar surface area (TPSA) is 58.4 Å². The van der Waals surface area contributed by atoms with Crippen LogP contribution < -0.4 is 16.0 Å². The molecular formula is C13H17N3O. The van der Waals surface area contributed by atoms with Crippen LogP contribution in [0, 0.1) is 11.8 Å². The maximum atomic E-state index is 11.4. The first-order valence-electron chi connectivity index (χ1n) is 6.10. The number of anilines is 1. The van der Waals surface area contributed by atoms with E-state index >= 15 is 0 Å². The molecule has 2 heterocycles. The summed E-state index contributed by atoms with van der Waals surface area (Å²) in [6.45, 7) is 4.25. The average Bonchev–Trinajstić information content (AvgIpc) is 2.88. The summed E-state index contributed by atoms with van der Waals surface area (Å²) < 4.78 is 0.